The summed E-state index contributed by atoms with van der Waals surface area (Å²) >= 11 is 0. The summed E-state index contributed by atoms with van der Waals surface area (Å²) in [5, 5.41) is 0. The molecule has 104 valence electrons. The number of carbonyl (C=O) groups is 1. The van der Waals surface area contributed by atoms with Gasteiger partial charge in [0, 0.05) is 18.7 Å². The van der Waals surface area contributed by atoms with Crippen molar-refractivity contribution in [1.29, 1.82) is 0 Å². The lowest BCUT2D eigenvalue weighted by Crippen LogP contribution is -2.28. The number of nitrogen functional groups attached to an aromatic ring is 1. The van der Waals surface area contributed by atoms with E-state index < -0.39 is 0 Å². The first-order valence-electron chi connectivity index (χ1n) is 6.88. The number of methoxy groups -OCH3 is 1. The van der Waals surface area contributed by atoms with Gasteiger partial charge >= 0.3 is 0 Å². The highest BCUT2D eigenvalue weighted by Gasteiger charge is 2.26. The molecule has 0 bridgehead atoms. The van der Waals surface area contributed by atoms with Gasteiger partial charge in [-0.05, 0) is 37.0 Å². The molecule has 0 aromatic heterocycles. The molecule has 4 heteroatoms. The van der Waals surface area contributed by atoms with Crippen LogP contribution in [0.2, 0.25) is 0 Å². The molecule has 1 aromatic carbocycles. The van der Waals surface area contributed by atoms with E-state index in [2.05, 4.69) is 6.92 Å². The molecule has 1 fully saturated rings. The van der Waals surface area contributed by atoms with Crippen molar-refractivity contribution in [2.45, 2.75) is 26.2 Å². The third kappa shape index (κ3) is 3.00. The van der Waals surface area contributed by atoms with Crippen LogP contribution in [0, 0.1) is 5.92 Å². The van der Waals surface area contributed by atoms with Crippen LogP contribution in [-0.2, 0) is 0 Å². The summed E-state index contributed by atoms with van der Waals surface area (Å²) in [6.45, 7) is 3.92. The molecule has 19 heavy (non-hydrogen) atoms. The number of anilines is 1. The van der Waals surface area contributed by atoms with Crippen molar-refractivity contribution in [2.24, 2.45) is 5.92 Å². The minimum atomic E-state index is 0.0768. The van der Waals surface area contributed by atoms with Crippen LogP contribution in [0.3, 0.4) is 0 Å². The average Bonchev–Trinajstić information content (AvgIpc) is 2.87. The zero-order chi connectivity index (χ0) is 13.8. The van der Waals surface area contributed by atoms with Crippen molar-refractivity contribution >= 4 is 11.6 Å². The Morgan fingerprint density at radius 1 is 1.53 bits per heavy atom. The maximum atomic E-state index is 12.4. The summed E-state index contributed by atoms with van der Waals surface area (Å²) in [7, 11) is 1.57. The van der Waals surface area contributed by atoms with Crippen molar-refractivity contribution in [3.05, 3.63) is 23.8 Å². The highest BCUT2D eigenvalue weighted by Crippen LogP contribution is 2.26. The van der Waals surface area contributed by atoms with Crippen molar-refractivity contribution in [3.8, 4) is 5.75 Å². The van der Waals surface area contributed by atoms with Crippen LogP contribution in [0.1, 0.15) is 36.5 Å². The molecule has 2 N–H and O–H groups in total. The molecule has 1 saturated heterocycles. The second-order valence-corrected chi connectivity index (χ2v) is 5.15. The maximum absolute atomic E-state index is 12.4. The molecule has 0 saturated carbocycles. The Kier molecular flexibility index (Phi) is 4.30. The van der Waals surface area contributed by atoms with Crippen LogP contribution < -0.4 is 10.5 Å². The Morgan fingerprint density at radius 3 is 2.95 bits per heavy atom. The molecular weight excluding hydrogens is 240 g/mol. The van der Waals surface area contributed by atoms with E-state index in [0.717, 1.165) is 19.5 Å². The van der Waals surface area contributed by atoms with Gasteiger partial charge in [0.25, 0.3) is 5.91 Å². The highest BCUT2D eigenvalue weighted by atomic mass is 16.5. The zero-order valence-corrected chi connectivity index (χ0v) is 11.7. The molecule has 1 atom stereocenters. The van der Waals surface area contributed by atoms with Crippen LogP contribution in [0.5, 0.6) is 5.75 Å². The van der Waals surface area contributed by atoms with Crippen LogP contribution >= 0.6 is 0 Å². The fourth-order valence-electron chi connectivity index (χ4n) is 2.71. The molecule has 1 aromatic rings. The van der Waals surface area contributed by atoms with Gasteiger partial charge in [-0.15, -0.1) is 0 Å². The number of likely N-dealkylation sites (tertiary alicyclic amines) is 1. The van der Waals surface area contributed by atoms with Crippen molar-refractivity contribution in [1.82, 2.24) is 4.90 Å². The van der Waals surface area contributed by atoms with Gasteiger partial charge < -0.3 is 15.4 Å². The summed E-state index contributed by atoms with van der Waals surface area (Å²) in [5.41, 5.74) is 7.01. The first-order chi connectivity index (χ1) is 9.15. The maximum Gasteiger partial charge on any atom is 0.253 e. The van der Waals surface area contributed by atoms with E-state index in [1.807, 2.05) is 4.90 Å². The minimum absolute atomic E-state index is 0.0768. The average molecular weight is 262 g/mol. The molecule has 1 heterocycles. The molecule has 1 aliphatic heterocycles. The topological polar surface area (TPSA) is 55.6 Å². The lowest BCUT2D eigenvalue weighted by atomic mass is 10.0. The number of carbonyl (C=O) groups excluding carboxylic acids is 1. The normalized spacial score (nSPS) is 18.6. The zero-order valence-electron chi connectivity index (χ0n) is 11.7. The van der Waals surface area contributed by atoms with E-state index in [1.54, 1.807) is 25.3 Å². The van der Waals surface area contributed by atoms with Crippen molar-refractivity contribution < 1.29 is 9.53 Å². The fourth-order valence-corrected chi connectivity index (χ4v) is 2.71. The van der Waals surface area contributed by atoms with Crippen LogP contribution in [-0.4, -0.2) is 31.0 Å². The number of amides is 1. The highest BCUT2D eigenvalue weighted by molar-refractivity contribution is 5.95. The van der Waals surface area contributed by atoms with Crippen molar-refractivity contribution in [3.63, 3.8) is 0 Å². The van der Waals surface area contributed by atoms with Crippen LogP contribution in [0.15, 0.2) is 18.2 Å². The van der Waals surface area contributed by atoms with Gasteiger partial charge in [0.15, 0.2) is 0 Å². The second kappa shape index (κ2) is 5.95. The second-order valence-electron chi connectivity index (χ2n) is 5.15. The molecule has 1 amide bonds. The standard InChI is InChI=1S/C15H22N2O2/c1-3-4-11-7-8-17(10-11)15(18)12-5-6-14(19-2)13(16)9-12/h5-6,9,11H,3-4,7-8,10,16H2,1-2H3. The Labute approximate surface area is 114 Å². The fraction of sp³-hybridized carbons (Fsp3) is 0.533. The predicted octanol–water partition coefficient (Wildman–Crippen LogP) is 2.54. The summed E-state index contributed by atoms with van der Waals surface area (Å²) in [6.07, 6.45) is 3.50. The lowest BCUT2D eigenvalue weighted by Gasteiger charge is -2.17. The van der Waals surface area contributed by atoms with Gasteiger partial charge in [0.05, 0.1) is 12.8 Å². The van der Waals surface area contributed by atoms with Gasteiger partial charge in [-0.3, -0.25) is 4.79 Å². The van der Waals surface area contributed by atoms with Gasteiger partial charge in [0.1, 0.15) is 5.75 Å². The first kappa shape index (κ1) is 13.7. The van der Waals surface area contributed by atoms with Gasteiger partial charge in [-0.25, -0.2) is 0 Å². The minimum Gasteiger partial charge on any atom is -0.495 e. The molecule has 1 aliphatic rings. The summed E-state index contributed by atoms with van der Waals surface area (Å²) in [6, 6.07) is 5.24. The van der Waals surface area contributed by atoms with E-state index in [1.165, 1.54) is 12.8 Å². The summed E-state index contributed by atoms with van der Waals surface area (Å²) in [5.74, 6) is 1.35. The van der Waals surface area contributed by atoms with Gasteiger partial charge in [-0.2, -0.15) is 0 Å². The van der Waals surface area contributed by atoms with E-state index in [-0.39, 0.29) is 5.91 Å². The van der Waals surface area contributed by atoms with E-state index in [0.29, 0.717) is 22.9 Å². The molecule has 4 nitrogen and oxygen atoms in total. The Morgan fingerprint density at radius 2 is 2.32 bits per heavy atom. The molecule has 2 rings (SSSR count). The quantitative estimate of drug-likeness (QED) is 0.848. The smallest absolute Gasteiger partial charge is 0.253 e. The lowest BCUT2D eigenvalue weighted by molar-refractivity contribution is 0.0786. The largest absolute Gasteiger partial charge is 0.495 e. The summed E-state index contributed by atoms with van der Waals surface area (Å²) in [4.78, 5) is 14.3. The Bertz CT molecular complexity index is 459. The predicted molar refractivity (Wildman–Crippen MR) is 76.3 cm³/mol. The number of hydrogen-bond donors (Lipinski definition) is 1. The molecule has 0 radical (unpaired) electrons. The number of nitrogens with zero attached hydrogens (tertiary/aromatic N) is 1. The SMILES string of the molecule is CCCC1CCN(C(=O)c2ccc(OC)c(N)c2)C1. The number of ether oxygens (including phenoxy) is 1. The third-order valence-corrected chi connectivity index (χ3v) is 3.75. The van der Waals surface area contributed by atoms with E-state index in [4.69, 9.17) is 10.5 Å². The molecular formula is C15H22N2O2. The molecule has 0 aliphatic carbocycles. The van der Waals surface area contributed by atoms with Crippen molar-refractivity contribution in [2.75, 3.05) is 25.9 Å². The summed E-state index contributed by atoms with van der Waals surface area (Å²) < 4.78 is 5.10. The van der Waals surface area contributed by atoms with E-state index in [9.17, 15) is 4.79 Å². The van der Waals surface area contributed by atoms with Crippen LogP contribution in [0.4, 0.5) is 5.69 Å². The Balaban J connectivity index is 2.06. The molecule has 1 unspecified atom stereocenters. The number of nitrogens with two attached hydrogens (primary N) is 1. The number of hydrogen-bond acceptors (Lipinski definition) is 3. The van der Waals surface area contributed by atoms with E-state index >= 15 is 0 Å². The number of benzene rings is 1. The first-order valence-corrected chi connectivity index (χ1v) is 6.88. The van der Waals surface area contributed by atoms with Crippen LogP contribution in [0.25, 0.3) is 0 Å². The third-order valence-electron chi connectivity index (χ3n) is 3.75. The van der Waals surface area contributed by atoms with Gasteiger partial charge in [-0.1, -0.05) is 13.3 Å². The Hall–Kier alpha value is -1.71. The van der Waals surface area contributed by atoms with Gasteiger partial charge in [0.2, 0.25) is 0 Å². The monoisotopic (exact) mass is 262 g/mol. The molecule has 0 spiro atoms. The number of rotatable bonds is 4.